The molecule has 171 valence electrons. The van der Waals surface area contributed by atoms with Crippen LogP contribution in [0.5, 0.6) is 0 Å². The topological polar surface area (TPSA) is 67.4 Å². The maximum atomic E-state index is 5.10. The van der Waals surface area contributed by atoms with Crippen molar-refractivity contribution in [1.29, 1.82) is 0 Å². The fraction of sp³-hybridized carbons (Fsp3) is 0.500. The fourth-order valence-electron chi connectivity index (χ4n) is 5.20. The van der Waals surface area contributed by atoms with Crippen molar-refractivity contribution < 1.29 is 17.0 Å². The second-order valence-electron chi connectivity index (χ2n) is 9.28. The molecule has 3 aliphatic rings. The Morgan fingerprint density at radius 1 is 0.939 bits per heavy atom. The van der Waals surface area contributed by atoms with Crippen LogP contribution in [-0.4, -0.2) is 86.7 Å². The number of piperazine rings is 1. The van der Waals surface area contributed by atoms with Gasteiger partial charge in [0.25, 0.3) is 0 Å². The van der Waals surface area contributed by atoms with E-state index in [0.29, 0.717) is 0 Å². The maximum absolute atomic E-state index is 5.10. The van der Waals surface area contributed by atoms with Crippen LogP contribution >= 0.6 is 0 Å². The van der Waals surface area contributed by atoms with Crippen molar-refractivity contribution in [2.45, 2.75) is 25.8 Å². The molecule has 2 saturated heterocycles. The quantitative estimate of drug-likeness (QED) is 0.576. The van der Waals surface area contributed by atoms with E-state index in [1.165, 1.54) is 35.8 Å². The van der Waals surface area contributed by atoms with Crippen LogP contribution in [-0.2, 0) is 29.9 Å². The summed E-state index contributed by atoms with van der Waals surface area (Å²) in [5, 5.41) is 8.84. The van der Waals surface area contributed by atoms with Gasteiger partial charge in [-0.3, -0.25) is 0 Å². The minimum absolute atomic E-state index is 0.792. The number of anilines is 2. The molecule has 1 aromatic carbocycles. The molecule has 0 spiro atoms. The second-order valence-corrected chi connectivity index (χ2v) is 10.1. The fourth-order valence-corrected chi connectivity index (χ4v) is 5.82. The SMILES string of the molecule is [V]=[C](CN1CCN(c2nc3c4c([nH]nc4n2)CCN3Cc2ccccc2)CC1)N1CCCC1. The van der Waals surface area contributed by atoms with E-state index in [2.05, 4.69) is 77.1 Å². The molecular formula is C24H30N8V. The molecule has 0 atom stereocenters. The van der Waals surface area contributed by atoms with Crippen molar-refractivity contribution in [2.24, 2.45) is 0 Å². The van der Waals surface area contributed by atoms with Crippen LogP contribution in [0.2, 0.25) is 0 Å². The number of aromatic amines is 1. The third-order valence-corrected chi connectivity index (χ3v) is 7.76. The Bertz CT molecular complexity index is 1130. The molecule has 0 aliphatic carbocycles. The summed E-state index contributed by atoms with van der Waals surface area (Å²) in [4.78, 5) is 19.8. The zero-order chi connectivity index (χ0) is 22.2. The van der Waals surface area contributed by atoms with Gasteiger partial charge in [0.05, 0.1) is 0 Å². The van der Waals surface area contributed by atoms with Crippen LogP contribution in [0.15, 0.2) is 30.3 Å². The molecule has 0 saturated carbocycles. The monoisotopic (exact) mass is 481 g/mol. The third kappa shape index (κ3) is 4.33. The number of likely N-dealkylation sites (tertiary alicyclic amines) is 1. The van der Waals surface area contributed by atoms with Gasteiger partial charge in [0.2, 0.25) is 0 Å². The molecule has 0 radical (unpaired) electrons. The third-order valence-electron chi connectivity index (χ3n) is 7.10. The van der Waals surface area contributed by atoms with Crippen molar-refractivity contribution in [3.63, 3.8) is 0 Å². The number of hydrogen-bond donors (Lipinski definition) is 1. The summed E-state index contributed by atoms with van der Waals surface area (Å²) in [5.74, 6) is 1.83. The Hall–Kier alpha value is -2.26. The first-order valence-electron chi connectivity index (χ1n) is 12.1. The molecule has 3 aliphatic heterocycles. The summed E-state index contributed by atoms with van der Waals surface area (Å²) in [7, 11) is 0. The van der Waals surface area contributed by atoms with Crippen molar-refractivity contribution in [1.82, 2.24) is 30.0 Å². The van der Waals surface area contributed by atoms with Crippen LogP contribution in [0.3, 0.4) is 0 Å². The van der Waals surface area contributed by atoms with E-state index in [9.17, 15) is 0 Å². The van der Waals surface area contributed by atoms with Gasteiger partial charge in [-0.15, -0.1) is 0 Å². The van der Waals surface area contributed by atoms with Crippen LogP contribution < -0.4 is 9.80 Å². The van der Waals surface area contributed by atoms with Gasteiger partial charge in [0.1, 0.15) is 0 Å². The second kappa shape index (κ2) is 9.18. The van der Waals surface area contributed by atoms with E-state index in [-0.39, 0.29) is 0 Å². The van der Waals surface area contributed by atoms with E-state index in [1.807, 2.05) is 0 Å². The molecular weight excluding hydrogens is 451 g/mol. The molecule has 8 nitrogen and oxygen atoms in total. The molecule has 1 N–H and O–H groups in total. The summed E-state index contributed by atoms with van der Waals surface area (Å²) in [6.45, 7) is 9.23. The first-order chi connectivity index (χ1) is 16.2. The predicted octanol–water partition coefficient (Wildman–Crippen LogP) is 1.81. The number of rotatable bonds is 6. The molecule has 33 heavy (non-hydrogen) atoms. The van der Waals surface area contributed by atoms with Crippen LogP contribution in [0.1, 0.15) is 24.1 Å². The molecule has 9 heteroatoms. The predicted molar refractivity (Wildman–Crippen MR) is 127 cm³/mol. The summed E-state index contributed by atoms with van der Waals surface area (Å²) in [6.07, 6.45) is 3.60. The molecule has 3 aromatic rings. The zero-order valence-electron chi connectivity index (χ0n) is 18.9. The van der Waals surface area contributed by atoms with E-state index < -0.39 is 0 Å². The number of aromatic nitrogens is 4. The Labute approximate surface area is 203 Å². The number of nitrogens with zero attached hydrogens (tertiary/aromatic N) is 7. The Kier molecular flexibility index (Phi) is 5.92. The van der Waals surface area contributed by atoms with E-state index in [4.69, 9.17) is 9.97 Å². The molecule has 2 fully saturated rings. The summed E-state index contributed by atoms with van der Waals surface area (Å²) < 4.78 is 1.45. The number of nitrogens with one attached hydrogen (secondary N) is 1. The van der Waals surface area contributed by atoms with Gasteiger partial charge in [0.15, 0.2) is 0 Å². The van der Waals surface area contributed by atoms with Gasteiger partial charge in [-0.2, -0.15) is 0 Å². The van der Waals surface area contributed by atoms with Gasteiger partial charge in [-0.05, 0) is 0 Å². The van der Waals surface area contributed by atoms with Crippen LogP contribution in [0.25, 0.3) is 11.0 Å². The summed E-state index contributed by atoms with van der Waals surface area (Å²) in [5.41, 5.74) is 3.25. The normalized spacial score (nSPS) is 19.5. The van der Waals surface area contributed by atoms with Gasteiger partial charge >= 0.3 is 173 Å². The minimum atomic E-state index is 0.792. The summed E-state index contributed by atoms with van der Waals surface area (Å²) in [6, 6.07) is 10.6. The molecule has 2 aromatic heterocycles. The Morgan fingerprint density at radius 2 is 1.73 bits per heavy atom. The summed E-state index contributed by atoms with van der Waals surface area (Å²) >= 11 is 2.81. The van der Waals surface area contributed by atoms with Crippen LogP contribution in [0.4, 0.5) is 11.8 Å². The number of hydrogen-bond acceptors (Lipinski definition) is 7. The Morgan fingerprint density at radius 3 is 2.52 bits per heavy atom. The average Bonchev–Trinajstić information content (AvgIpc) is 3.53. The van der Waals surface area contributed by atoms with Crippen molar-refractivity contribution in [2.75, 3.05) is 62.2 Å². The Balaban J connectivity index is 1.19. The van der Waals surface area contributed by atoms with Gasteiger partial charge in [0, 0.05) is 0 Å². The van der Waals surface area contributed by atoms with E-state index in [1.54, 1.807) is 0 Å². The molecule has 0 unspecified atom stereocenters. The first-order valence-corrected chi connectivity index (χ1v) is 12.8. The van der Waals surface area contributed by atoms with Gasteiger partial charge in [-0.1, -0.05) is 30.3 Å². The van der Waals surface area contributed by atoms with Crippen molar-refractivity contribution >= 4 is 27.1 Å². The van der Waals surface area contributed by atoms with Gasteiger partial charge in [-0.25, -0.2) is 0 Å². The molecule has 6 rings (SSSR count). The van der Waals surface area contributed by atoms with Gasteiger partial charge < -0.3 is 0 Å². The van der Waals surface area contributed by atoms with E-state index in [0.717, 1.165) is 80.7 Å². The zero-order valence-corrected chi connectivity index (χ0v) is 20.3. The number of benzene rings is 1. The first kappa shape index (κ1) is 21.3. The van der Waals surface area contributed by atoms with Crippen molar-refractivity contribution in [3.05, 3.63) is 41.6 Å². The average molecular weight is 482 g/mol. The number of H-pyrrole nitrogens is 1. The molecule has 0 amide bonds. The molecule has 0 bridgehead atoms. The van der Waals surface area contributed by atoms with Crippen LogP contribution in [0, 0.1) is 0 Å². The van der Waals surface area contributed by atoms with Crippen molar-refractivity contribution in [3.8, 4) is 0 Å². The standard InChI is InChI=1S/C24H30N8.V/c1-2-6-19(7-3-1)18-32-11-8-20-21-22(28-27-20)25-24(26-23(21)32)31-16-14-30(15-17-31)13-12-29-9-4-5-10-29;/h1-3,6-7H,4-5,8-11,13-18H2,(H,25,26,27,28);. The molecule has 5 heterocycles. The van der Waals surface area contributed by atoms with E-state index >= 15 is 0 Å².